The van der Waals surface area contributed by atoms with E-state index in [0.29, 0.717) is 16.5 Å². The van der Waals surface area contributed by atoms with Crippen LogP contribution in [0.5, 0.6) is 0 Å². The molecule has 2 rings (SSSR count). The number of aromatic amines is 1. The van der Waals surface area contributed by atoms with Crippen molar-refractivity contribution in [1.82, 2.24) is 9.97 Å². The third kappa shape index (κ3) is 5.26. The third-order valence-electron chi connectivity index (χ3n) is 2.78. The summed E-state index contributed by atoms with van der Waals surface area (Å²) >= 11 is 1.16. The molecule has 1 aromatic carbocycles. The third-order valence-corrected chi connectivity index (χ3v) is 3.78. The van der Waals surface area contributed by atoms with Gasteiger partial charge in [-0.15, -0.1) is 0 Å². The van der Waals surface area contributed by atoms with Gasteiger partial charge in [0.2, 0.25) is 11.8 Å². The number of nitrogens with one attached hydrogen (secondary N) is 3. The number of hydrogen-bond donors (Lipinski definition) is 3. The highest BCUT2D eigenvalue weighted by atomic mass is 32.2. The molecular weight excluding hydrogens is 316 g/mol. The Morgan fingerprint density at radius 2 is 1.74 bits per heavy atom. The Balaban J connectivity index is 1.95. The molecule has 7 nitrogen and oxygen atoms in total. The lowest BCUT2D eigenvalue weighted by Gasteiger charge is -2.11. The van der Waals surface area contributed by atoms with Crippen molar-refractivity contribution in [3.63, 3.8) is 0 Å². The summed E-state index contributed by atoms with van der Waals surface area (Å²) in [4.78, 5) is 40.8. The van der Waals surface area contributed by atoms with Gasteiger partial charge < -0.3 is 15.6 Å². The minimum absolute atomic E-state index is 0.156. The van der Waals surface area contributed by atoms with E-state index in [1.54, 1.807) is 31.2 Å². The Kier molecular flexibility index (Phi) is 5.53. The number of carbonyl (C=O) groups is 2. The maximum Gasteiger partial charge on any atom is 0.251 e. The van der Waals surface area contributed by atoms with Gasteiger partial charge in [-0.1, -0.05) is 11.8 Å². The Morgan fingerprint density at radius 1 is 1.13 bits per heavy atom. The summed E-state index contributed by atoms with van der Waals surface area (Å²) in [5.41, 5.74) is 1.01. The van der Waals surface area contributed by atoms with Crippen LogP contribution in [0.3, 0.4) is 0 Å². The van der Waals surface area contributed by atoms with Gasteiger partial charge in [0.05, 0.1) is 5.25 Å². The first-order valence-corrected chi connectivity index (χ1v) is 7.72. The molecule has 2 aromatic rings. The Labute approximate surface area is 136 Å². The number of benzene rings is 1. The van der Waals surface area contributed by atoms with E-state index in [1.807, 2.05) is 0 Å². The normalized spacial score (nSPS) is 11.6. The molecule has 1 atom stereocenters. The second-order valence-corrected chi connectivity index (χ2v) is 6.08. The van der Waals surface area contributed by atoms with Gasteiger partial charge in [0.25, 0.3) is 5.56 Å². The summed E-state index contributed by atoms with van der Waals surface area (Å²) in [6.45, 7) is 3.15. The first kappa shape index (κ1) is 16.8. The molecule has 0 fully saturated rings. The number of amides is 2. The van der Waals surface area contributed by atoms with Gasteiger partial charge in [0.15, 0.2) is 5.16 Å². The highest BCUT2D eigenvalue weighted by Gasteiger charge is 2.15. The van der Waals surface area contributed by atoms with Crippen LogP contribution in [0.4, 0.5) is 11.4 Å². The van der Waals surface area contributed by atoms with Crippen molar-refractivity contribution in [3.8, 4) is 0 Å². The molecule has 23 heavy (non-hydrogen) atoms. The molecule has 0 aliphatic carbocycles. The van der Waals surface area contributed by atoms with Crippen molar-refractivity contribution in [2.75, 3.05) is 10.6 Å². The zero-order valence-corrected chi connectivity index (χ0v) is 13.4. The van der Waals surface area contributed by atoms with Gasteiger partial charge in [-0.3, -0.25) is 14.4 Å². The molecule has 2 amide bonds. The van der Waals surface area contributed by atoms with Gasteiger partial charge in [0, 0.05) is 30.6 Å². The predicted octanol–water partition coefficient (Wildman–Crippen LogP) is 1.85. The molecule has 0 bridgehead atoms. The van der Waals surface area contributed by atoms with E-state index in [-0.39, 0.29) is 17.4 Å². The van der Waals surface area contributed by atoms with Gasteiger partial charge in [-0.05, 0) is 31.2 Å². The fourth-order valence-electron chi connectivity index (χ4n) is 1.72. The van der Waals surface area contributed by atoms with E-state index < -0.39 is 5.25 Å². The molecule has 1 heterocycles. The number of aromatic nitrogens is 2. The number of nitrogens with zero attached hydrogens (tertiary/aromatic N) is 1. The van der Waals surface area contributed by atoms with Crippen molar-refractivity contribution < 1.29 is 9.59 Å². The molecule has 0 saturated carbocycles. The van der Waals surface area contributed by atoms with Crippen molar-refractivity contribution >= 4 is 35.0 Å². The number of carbonyl (C=O) groups excluding carboxylic acids is 2. The smallest absolute Gasteiger partial charge is 0.251 e. The number of thioether (sulfide) groups is 1. The van der Waals surface area contributed by atoms with E-state index in [2.05, 4.69) is 20.6 Å². The average Bonchev–Trinajstić information content (AvgIpc) is 2.48. The molecular formula is C15H16N4O3S. The van der Waals surface area contributed by atoms with Crippen molar-refractivity contribution in [2.45, 2.75) is 24.3 Å². The van der Waals surface area contributed by atoms with Gasteiger partial charge in [-0.2, -0.15) is 0 Å². The van der Waals surface area contributed by atoms with E-state index in [0.717, 1.165) is 11.8 Å². The van der Waals surface area contributed by atoms with Crippen molar-refractivity contribution in [3.05, 3.63) is 46.9 Å². The van der Waals surface area contributed by atoms with Crippen LogP contribution in [0.15, 0.2) is 46.5 Å². The fourth-order valence-corrected chi connectivity index (χ4v) is 2.50. The zero-order valence-electron chi connectivity index (χ0n) is 12.6. The molecule has 0 radical (unpaired) electrons. The molecule has 1 aromatic heterocycles. The van der Waals surface area contributed by atoms with Crippen LogP contribution in [-0.4, -0.2) is 27.0 Å². The predicted molar refractivity (Wildman–Crippen MR) is 89.6 cm³/mol. The largest absolute Gasteiger partial charge is 0.326 e. The van der Waals surface area contributed by atoms with E-state index in [4.69, 9.17) is 0 Å². The SMILES string of the molecule is CC(=O)Nc1ccc(NC(=O)[C@@H](C)Sc2nccc(=O)[nH]2)cc1. The van der Waals surface area contributed by atoms with Crippen LogP contribution >= 0.6 is 11.8 Å². The van der Waals surface area contributed by atoms with Crippen LogP contribution in [0.2, 0.25) is 0 Å². The number of H-pyrrole nitrogens is 1. The number of rotatable bonds is 5. The van der Waals surface area contributed by atoms with Crippen LogP contribution < -0.4 is 16.2 Å². The topological polar surface area (TPSA) is 104 Å². The lowest BCUT2D eigenvalue weighted by Crippen LogP contribution is -2.23. The first-order chi connectivity index (χ1) is 10.9. The molecule has 8 heteroatoms. The van der Waals surface area contributed by atoms with E-state index in [1.165, 1.54) is 19.2 Å². The van der Waals surface area contributed by atoms with E-state index in [9.17, 15) is 14.4 Å². The molecule has 0 saturated heterocycles. The second-order valence-electron chi connectivity index (χ2n) is 4.75. The lowest BCUT2D eigenvalue weighted by atomic mass is 10.2. The summed E-state index contributed by atoms with van der Waals surface area (Å²) in [7, 11) is 0. The van der Waals surface area contributed by atoms with Crippen LogP contribution in [0, 0.1) is 0 Å². The minimum Gasteiger partial charge on any atom is -0.326 e. The van der Waals surface area contributed by atoms with Crippen molar-refractivity contribution in [2.24, 2.45) is 0 Å². The quantitative estimate of drug-likeness (QED) is 0.572. The maximum atomic E-state index is 12.1. The number of hydrogen-bond acceptors (Lipinski definition) is 5. The van der Waals surface area contributed by atoms with E-state index >= 15 is 0 Å². The molecule has 120 valence electrons. The Morgan fingerprint density at radius 3 is 2.30 bits per heavy atom. The molecule has 3 N–H and O–H groups in total. The molecule has 0 aliphatic rings. The van der Waals surface area contributed by atoms with Crippen LogP contribution in [0.25, 0.3) is 0 Å². The van der Waals surface area contributed by atoms with Crippen LogP contribution in [-0.2, 0) is 9.59 Å². The standard InChI is InChI=1S/C15H16N4O3S/c1-9(23-15-16-8-7-13(21)19-15)14(22)18-12-5-3-11(4-6-12)17-10(2)20/h3-9H,1-2H3,(H,17,20)(H,18,22)(H,16,19,21)/t9-/m1/s1. The van der Waals surface area contributed by atoms with Crippen LogP contribution in [0.1, 0.15) is 13.8 Å². The van der Waals surface area contributed by atoms with Crippen molar-refractivity contribution in [1.29, 1.82) is 0 Å². The molecule has 0 spiro atoms. The molecule has 0 unspecified atom stereocenters. The summed E-state index contributed by atoms with van der Waals surface area (Å²) < 4.78 is 0. The summed E-state index contributed by atoms with van der Waals surface area (Å²) in [5, 5.41) is 5.37. The van der Waals surface area contributed by atoms with Gasteiger partial charge in [-0.25, -0.2) is 4.98 Å². The zero-order chi connectivity index (χ0) is 16.8. The summed E-state index contributed by atoms with van der Waals surface area (Å²) in [6.07, 6.45) is 1.40. The first-order valence-electron chi connectivity index (χ1n) is 6.84. The summed E-state index contributed by atoms with van der Waals surface area (Å²) in [6, 6.07) is 8.11. The Bertz CT molecular complexity index is 758. The highest BCUT2D eigenvalue weighted by molar-refractivity contribution is 8.00. The Hall–Kier alpha value is -2.61. The maximum absolute atomic E-state index is 12.1. The highest BCUT2D eigenvalue weighted by Crippen LogP contribution is 2.20. The number of anilines is 2. The lowest BCUT2D eigenvalue weighted by molar-refractivity contribution is -0.115. The average molecular weight is 332 g/mol. The van der Waals surface area contributed by atoms with Gasteiger partial charge >= 0.3 is 0 Å². The monoisotopic (exact) mass is 332 g/mol. The minimum atomic E-state index is -0.435. The van der Waals surface area contributed by atoms with Gasteiger partial charge in [0.1, 0.15) is 0 Å². The second kappa shape index (κ2) is 7.59. The fraction of sp³-hybridized carbons (Fsp3) is 0.200. The summed E-state index contributed by atoms with van der Waals surface area (Å²) in [5.74, 6) is -0.370. The molecule has 0 aliphatic heterocycles.